The van der Waals surface area contributed by atoms with Crippen LogP contribution in [0.5, 0.6) is 0 Å². The smallest absolute Gasteiger partial charge is 0.274 e. The van der Waals surface area contributed by atoms with Crippen LogP contribution in [-0.4, -0.2) is 39.0 Å². The van der Waals surface area contributed by atoms with E-state index in [2.05, 4.69) is 51.6 Å². The molecule has 0 aliphatic heterocycles. The van der Waals surface area contributed by atoms with E-state index in [9.17, 15) is 4.79 Å². The third-order valence-corrected chi connectivity index (χ3v) is 6.87. The minimum atomic E-state index is -0.308. The van der Waals surface area contributed by atoms with Gasteiger partial charge in [-0.05, 0) is 56.6 Å². The molecular weight excluding hydrogens is 490 g/mol. The molecule has 0 saturated carbocycles. The van der Waals surface area contributed by atoms with Gasteiger partial charge in [-0.2, -0.15) is 0 Å². The van der Waals surface area contributed by atoms with Gasteiger partial charge in [-0.3, -0.25) is 14.1 Å². The first-order chi connectivity index (χ1) is 18.5. The second-order valence-electron chi connectivity index (χ2n) is 8.77. The molecular formula is C31H39N5OS. The summed E-state index contributed by atoms with van der Waals surface area (Å²) in [6.45, 7) is 17.3. The van der Waals surface area contributed by atoms with E-state index >= 15 is 0 Å². The third-order valence-electron chi connectivity index (χ3n) is 5.98. The van der Waals surface area contributed by atoms with Gasteiger partial charge in [-0.15, -0.1) is 11.3 Å². The van der Waals surface area contributed by atoms with E-state index in [0.717, 1.165) is 59.9 Å². The molecule has 7 heteroatoms. The first kappa shape index (κ1) is 29.0. The molecule has 200 valence electrons. The Kier molecular flexibility index (Phi) is 11.0. The van der Waals surface area contributed by atoms with E-state index < -0.39 is 0 Å². The summed E-state index contributed by atoms with van der Waals surface area (Å²) in [6.07, 6.45) is 5.82. The average molecular weight is 530 g/mol. The minimum absolute atomic E-state index is 0.263. The van der Waals surface area contributed by atoms with Crippen LogP contribution >= 0.6 is 11.3 Å². The van der Waals surface area contributed by atoms with Gasteiger partial charge in [0.2, 0.25) is 0 Å². The standard InChI is InChI=1S/C29H33N5OS.C2H6/c1-5-16-33(17-6-2)18-22-20-36-29-32-27(19-34(22)29)23-13-9-11-15-26(23)31-28(35)24(7-3)30-25-14-10-8-12-21(25)4;1-2/h7-15,19-20H,3,5-6,16-18H2,1-2,4H3,(H,31,35);1-2H3. The number of aryl methyl sites for hydroxylation is 1. The second kappa shape index (κ2) is 14.4. The number of anilines is 1. The van der Waals surface area contributed by atoms with Crippen molar-refractivity contribution in [1.82, 2.24) is 14.3 Å². The van der Waals surface area contributed by atoms with Crippen molar-refractivity contribution in [3.05, 3.63) is 84.0 Å². The Bertz CT molecular complexity index is 1380. The van der Waals surface area contributed by atoms with Crippen molar-refractivity contribution in [3.8, 4) is 11.3 Å². The van der Waals surface area contributed by atoms with Crippen molar-refractivity contribution in [3.63, 3.8) is 0 Å². The normalized spacial score (nSPS) is 11.4. The van der Waals surface area contributed by atoms with Crippen molar-refractivity contribution < 1.29 is 4.79 Å². The van der Waals surface area contributed by atoms with Crippen LogP contribution in [0.2, 0.25) is 0 Å². The number of para-hydroxylation sites is 2. The molecule has 0 fully saturated rings. The number of aromatic nitrogens is 2. The third kappa shape index (κ3) is 7.05. The van der Waals surface area contributed by atoms with Crippen molar-refractivity contribution in [2.45, 2.75) is 54.0 Å². The molecule has 2 heterocycles. The fourth-order valence-electron chi connectivity index (χ4n) is 4.21. The average Bonchev–Trinajstić information content (AvgIpc) is 3.52. The number of nitrogens with zero attached hydrogens (tertiary/aromatic N) is 4. The maximum absolute atomic E-state index is 13.1. The van der Waals surface area contributed by atoms with Gasteiger partial charge in [0.25, 0.3) is 5.91 Å². The first-order valence-electron chi connectivity index (χ1n) is 13.4. The molecule has 1 N–H and O–H groups in total. The van der Waals surface area contributed by atoms with E-state index in [1.165, 1.54) is 11.8 Å². The van der Waals surface area contributed by atoms with Crippen LogP contribution in [0, 0.1) is 6.92 Å². The Morgan fingerprint density at radius 2 is 1.79 bits per heavy atom. The van der Waals surface area contributed by atoms with Gasteiger partial charge in [0, 0.05) is 29.4 Å². The molecule has 0 radical (unpaired) electrons. The lowest BCUT2D eigenvalue weighted by Gasteiger charge is -2.20. The molecule has 0 saturated heterocycles. The zero-order chi connectivity index (χ0) is 27.5. The molecule has 4 rings (SSSR count). The highest BCUT2D eigenvalue weighted by atomic mass is 32.1. The predicted octanol–water partition coefficient (Wildman–Crippen LogP) is 7.92. The molecule has 1 amide bonds. The van der Waals surface area contributed by atoms with E-state index in [0.29, 0.717) is 5.69 Å². The molecule has 0 bridgehead atoms. The number of aliphatic imine (C=N–C) groups is 1. The van der Waals surface area contributed by atoms with Crippen molar-refractivity contribution in [1.29, 1.82) is 0 Å². The quantitative estimate of drug-likeness (QED) is 0.201. The minimum Gasteiger partial charge on any atom is -0.320 e. The molecule has 0 atom stereocenters. The number of carbonyl (C=O) groups is 1. The Balaban J connectivity index is 0.00000195. The fourth-order valence-corrected chi connectivity index (χ4v) is 5.08. The van der Waals surface area contributed by atoms with Crippen molar-refractivity contribution in [2.24, 2.45) is 4.99 Å². The molecule has 2 aromatic carbocycles. The number of fused-ring (bicyclic) bond motifs is 1. The summed E-state index contributed by atoms with van der Waals surface area (Å²) >= 11 is 1.64. The van der Waals surface area contributed by atoms with Crippen LogP contribution < -0.4 is 5.32 Å². The number of benzene rings is 2. The number of carbonyl (C=O) groups excluding carboxylic acids is 1. The van der Waals surface area contributed by atoms with Crippen LogP contribution in [-0.2, 0) is 11.3 Å². The molecule has 0 aliphatic rings. The lowest BCUT2D eigenvalue weighted by molar-refractivity contribution is -0.110. The molecule has 2 aromatic heterocycles. The summed E-state index contributed by atoms with van der Waals surface area (Å²) in [7, 11) is 0. The Hall–Kier alpha value is -3.55. The highest BCUT2D eigenvalue weighted by Gasteiger charge is 2.17. The summed E-state index contributed by atoms with van der Waals surface area (Å²) in [6, 6.07) is 15.4. The number of amides is 1. The maximum atomic E-state index is 13.1. The summed E-state index contributed by atoms with van der Waals surface area (Å²) in [4.78, 5) is 26.0. The van der Waals surface area contributed by atoms with Crippen LogP contribution in [0.1, 0.15) is 51.8 Å². The van der Waals surface area contributed by atoms with Gasteiger partial charge in [0.15, 0.2) is 4.96 Å². The maximum Gasteiger partial charge on any atom is 0.274 e. The molecule has 0 aliphatic carbocycles. The highest BCUT2D eigenvalue weighted by Crippen LogP contribution is 2.30. The predicted molar refractivity (Wildman–Crippen MR) is 163 cm³/mol. The zero-order valence-corrected chi connectivity index (χ0v) is 24.0. The number of imidazole rings is 1. The van der Waals surface area contributed by atoms with E-state index in [1.807, 2.05) is 69.3 Å². The van der Waals surface area contributed by atoms with Gasteiger partial charge in [-0.25, -0.2) is 9.98 Å². The lowest BCUT2D eigenvalue weighted by Crippen LogP contribution is -2.25. The first-order valence-corrected chi connectivity index (χ1v) is 14.3. The lowest BCUT2D eigenvalue weighted by atomic mass is 10.1. The molecule has 0 spiro atoms. The van der Waals surface area contributed by atoms with Crippen LogP contribution in [0.4, 0.5) is 11.4 Å². The number of thiazole rings is 1. The number of nitrogens with one attached hydrogen (secondary N) is 1. The monoisotopic (exact) mass is 529 g/mol. The van der Waals surface area contributed by atoms with Gasteiger partial charge in [-0.1, -0.05) is 70.7 Å². The molecule has 6 nitrogen and oxygen atoms in total. The number of hydrogen-bond acceptors (Lipinski definition) is 5. The molecule has 38 heavy (non-hydrogen) atoms. The van der Waals surface area contributed by atoms with Gasteiger partial charge in [0.05, 0.1) is 17.1 Å². The van der Waals surface area contributed by atoms with Crippen LogP contribution in [0.25, 0.3) is 16.2 Å². The topological polar surface area (TPSA) is 62.0 Å². The van der Waals surface area contributed by atoms with Crippen LogP contribution in [0.3, 0.4) is 0 Å². The summed E-state index contributed by atoms with van der Waals surface area (Å²) in [5, 5.41) is 5.21. The highest BCUT2D eigenvalue weighted by molar-refractivity contribution is 7.15. The zero-order valence-electron chi connectivity index (χ0n) is 23.2. The second-order valence-corrected chi connectivity index (χ2v) is 9.61. The van der Waals surface area contributed by atoms with E-state index in [1.54, 1.807) is 11.3 Å². The van der Waals surface area contributed by atoms with Gasteiger partial charge in [0.1, 0.15) is 5.71 Å². The summed E-state index contributed by atoms with van der Waals surface area (Å²) < 4.78 is 2.17. The van der Waals surface area contributed by atoms with Gasteiger partial charge >= 0.3 is 0 Å². The summed E-state index contributed by atoms with van der Waals surface area (Å²) in [5.41, 5.74) is 5.62. The summed E-state index contributed by atoms with van der Waals surface area (Å²) in [5.74, 6) is -0.308. The fraction of sp³-hybridized carbons (Fsp3) is 0.323. The number of hydrogen-bond donors (Lipinski definition) is 1. The van der Waals surface area contributed by atoms with Crippen molar-refractivity contribution >= 4 is 39.3 Å². The molecule has 4 aromatic rings. The largest absolute Gasteiger partial charge is 0.320 e. The Morgan fingerprint density at radius 1 is 1.11 bits per heavy atom. The number of rotatable bonds is 11. The van der Waals surface area contributed by atoms with E-state index in [-0.39, 0.29) is 11.6 Å². The van der Waals surface area contributed by atoms with Gasteiger partial charge < -0.3 is 5.32 Å². The van der Waals surface area contributed by atoms with Crippen LogP contribution in [0.15, 0.2) is 77.8 Å². The SMILES string of the molecule is C=CC(=Nc1ccccc1C)C(=O)Nc1ccccc1-c1cn2c(CN(CCC)CCC)csc2n1.CC. The van der Waals surface area contributed by atoms with E-state index in [4.69, 9.17) is 4.98 Å². The Labute approximate surface area is 230 Å². The molecule has 0 unspecified atom stereocenters. The van der Waals surface area contributed by atoms with Crippen molar-refractivity contribution in [2.75, 3.05) is 18.4 Å². The Morgan fingerprint density at radius 3 is 2.47 bits per heavy atom.